The molecule has 1 N–H and O–H groups in total. The number of halogens is 1. The van der Waals surface area contributed by atoms with E-state index < -0.39 is 5.97 Å². The normalized spacial score (nSPS) is 10.9. The monoisotopic (exact) mass is 306 g/mol. The minimum Gasteiger partial charge on any atom is -0.478 e. The zero-order chi connectivity index (χ0) is 13.6. The lowest BCUT2D eigenvalue weighted by Crippen LogP contribution is -2.02. The van der Waals surface area contributed by atoms with E-state index in [0.717, 1.165) is 31.9 Å². The van der Waals surface area contributed by atoms with Crippen LogP contribution in [0, 0.1) is 27.7 Å². The van der Waals surface area contributed by atoms with Crippen LogP contribution in [0.25, 0.3) is 10.8 Å². The summed E-state index contributed by atoms with van der Waals surface area (Å²) < 4.78 is 1.00. The van der Waals surface area contributed by atoms with Crippen molar-refractivity contribution < 1.29 is 9.90 Å². The highest BCUT2D eigenvalue weighted by Gasteiger charge is 2.17. The third kappa shape index (κ3) is 1.74. The van der Waals surface area contributed by atoms with E-state index >= 15 is 0 Å². The summed E-state index contributed by atoms with van der Waals surface area (Å²) in [6, 6.07) is 3.55. The summed E-state index contributed by atoms with van der Waals surface area (Å²) in [5, 5.41) is 11.2. The van der Waals surface area contributed by atoms with Crippen molar-refractivity contribution in [3.8, 4) is 0 Å². The molecule has 0 amide bonds. The van der Waals surface area contributed by atoms with Gasteiger partial charge in [-0.3, -0.25) is 0 Å². The van der Waals surface area contributed by atoms with E-state index in [2.05, 4.69) is 22.9 Å². The molecule has 0 unspecified atom stereocenters. The Labute approximate surface area is 115 Å². The number of rotatable bonds is 1. The molecular weight excluding hydrogens is 292 g/mol. The summed E-state index contributed by atoms with van der Waals surface area (Å²) >= 11 is 3.61. The van der Waals surface area contributed by atoms with Gasteiger partial charge in [-0.15, -0.1) is 0 Å². The van der Waals surface area contributed by atoms with Gasteiger partial charge in [0.25, 0.3) is 0 Å². The van der Waals surface area contributed by atoms with Crippen molar-refractivity contribution in [2.24, 2.45) is 0 Å². The van der Waals surface area contributed by atoms with Crippen molar-refractivity contribution in [1.29, 1.82) is 0 Å². The number of carboxylic acid groups (broad SMARTS) is 1. The van der Waals surface area contributed by atoms with Gasteiger partial charge in [-0.2, -0.15) is 0 Å². The lowest BCUT2D eigenvalue weighted by molar-refractivity contribution is 0.0699. The lowest BCUT2D eigenvalue weighted by atomic mass is 9.91. The molecule has 0 aliphatic rings. The standard InChI is InChI=1S/C15H15BrO2/c1-7-5-6-11(15(17)18)13-9(3)8(2)10(4)14(16)12(7)13/h5-6H,1-4H3,(H,17,18). The molecule has 0 saturated carbocycles. The fraction of sp³-hybridized carbons (Fsp3) is 0.267. The summed E-state index contributed by atoms with van der Waals surface area (Å²) in [4.78, 5) is 11.4. The number of hydrogen-bond donors (Lipinski definition) is 1. The number of benzene rings is 2. The van der Waals surface area contributed by atoms with E-state index in [1.807, 2.05) is 26.8 Å². The summed E-state index contributed by atoms with van der Waals surface area (Å²) in [5.41, 5.74) is 4.82. The van der Waals surface area contributed by atoms with Gasteiger partial charge in [-0.25, -0.2) is 4.79 Å². The van der Waals surface area contributed by atoms with Crippen LogP contribution in [-0.4, -0.2) is 11.1 Å². The van der Waals surface area contributed by atoms with Crippen LogP contribution in [0.15, 0.2) is 16.6 Å². The highest BCUT2D eigenvalue weighted by Crippen LogP contribution is 2.37. The molecule has 0 heterocycles. The fourth-order valence-corrected chi connectivity index (χ4v) is 3.19. The molecule has 0 aliphatic carbocycles. The second kappa shape index (κ2) is 4.39. The van der Waals surface area contributed by atoms with Gasteiger partial charge < -0.3 is 5.11 Å². The van der Waals surface area contributed by atoms with Crippen LogP contribution < -0.4 is 0 Å². The maximum absolute atomic E-state index is 11.4. The van der Waals surface area contributed by atoms with Crippen LogP contribution in [0.2, 0.25) is 0 Å². The molecule has 94 valence electrons. The molecule has 2 aromatic carbocycles. The molecule has 0 radical (unpaired) electrons. The zero-order valence-electron chi connectivity index (χ0n) is 10.9. The third-order valence-corrected chi connectivity index (χ3v) is 4.68. The fourth-order valence-electron chi connectivity index (χ4n) is 2.38. The Hall–Kier alpha value is -1.35. The summed E-state index contributed by atoms with van der Waals surface area (Å²) in [7, 11) is 0. The van der Waals surface area contributed by atoms with Crippen molar-refractivity contribution in [3.63, 3.8) is 0 Å². The third-order valence-electron chi connectivity index (χ3n) is 3.69. The Balaban J connectivity index is 3.13. The minimum absolute atomic E-state index is 0.372. The molecule has 0 saturated heterocycles. The molecule has 0 aromatic heterocycles. The zero-order valence-corrected chi connectivity index (χ0v) is 12.5. The summed E-state index contributed by atoms with van der Waals surface area (Å²) in [6.45, 7) is 8.08. The number of carbonyl (C=O) groups is 1. The smallest absolute Gasteiger partial charge is 0.336 e. The van der Waals surface area contributed by atoms with Gasteiger partial charge in [0, 0.05) is 15.2 Å². The topological polar surface area (TPSA) is 37.3 Å². The first kappa shape index (κ1) is 13.1. The number of hydrogen-bond acceptors (Lipinski definition) is 1. The average molecular weight is 307 g/mol. The Morgan fingerprint density at radius 1 is 1.00 bits per heavy atom. The van der Waals surface area contributed by atoms with Crippen LogP contribution >= 0.6 is 15.9 Å². The molecule has 0 bridgehead atoms. The van der Waals surface area contributed by atoms with Crippen LogP contribution in [-0.2, 0) is 0 Å². The van der Waals surface area contributed by atoms with Crippen molar-refractivity contribution in [2.45, 2.75) is 27.7 Å². The molecule has 18 heavy (non-hydrogen) atoms. The molecule has 3 heteroatoms. The first-order chi connectivity index (χ1) is 8.36. The molecule has 0 aliphatic heterocycles. The van der Waals surface area contributed by atoms with E-state index in [1.165, 1.54) is 5.56 Å². The average Bonchev–Trinajstić information content (AvgIpc) is 2.32. The van der Waals surface area contributed by atoms with E-state index in [4.69, 9.17) is 0 Å². The predicted molar refractivity (Wildman–Crippen MR) is 77.6 cm³/mol. The highest BCUT2D eigenvalue weighted by atomic mass is 79.9. The van der Waals surface area contributed by atoms with Gasteiger partial charge >= 0.3 is 5.97 Å². The Kier molecular flexibility index (Phi) is 3.20. The number of fused-ring (bicyclic) bond motifs is 1. The summed E-state index contributed by atoms with van der Waals surface area (Å²) in [5.74, 6) is -0.877. The van der Waals surface area contributed by atoms with Gasteiger partial charge in [0.2, 0.25) is 0 Å². The first-order valence-electron chi connectivity index (χ1n) is 5.78. The first-order valence-corrected chi connectivity index (χ1v) is 6.57. The van der Waals surface area contributed by atoms with Crippen LogP contribution in [0.1, 0.15) is 32.6 Å². The van der Waals surface area contributed by atoms with Crippen LogP contribution in [0.4, 0.5) is 0 Å². The number of carboxylic acids is 1. The molecule has 0 spiro atoms. The Morgan fingerprint density at radius 3 is 2.17 bits per heavy atom. The molecule has 0 atom stereocenters. The molecule has 2 rings (SSSR count). The second-order valence-corrected chi connectivity index (χ2v) is 5.47. The second-order valence-electron chi connectivity index (χ2n) is 4.67. The number of aryl methyl sites for hydroxylation is 2. The molecule has 2 aromatic rings. The summed E-state index contributed by atoms with van der Waals surface area (Å²) in [6.07, 6.45) is 0. The largest absolute Gasteiger partial charge is 0.478 e. The van der Waals surface area contributed by atoms with Gasteiger partial charge in [0.1, 0.15) is 0 Å². The van der Waals surface area contributed by atoms with E-state index in [9.17, 15) is 9.90 Å². The lowest BCUT2D eigenvalue weighted by Gasteiger charge is -2.16. The van der Waals surface area contributed by atoms with Crippen molar-refractivity contribution in [3.05, 3.63) is 44.4 Å². The van der Waals surface area contributed by atoms with Gasteiger partial charge in [0.15, 0.2) is 0 Å². The molecule has 2 nitrogen and oxygen atoms in total. The van der Waals surface area contributed by atoms with Crippen LogP contribution in [0.3, 0.4) is 0 Å². The minimum atomic E-state index is -0.877. The highest BCUT2D eigenvalue weighted by molar-refractivity contribution is 9.10. The molecule has 0 fully saturated rings. The van der Waals surface area contributed by atoms with Crippen molar-refractivity contribution in [2.75, 3.05) is 0 Å². The van der Waals surface area contributed by atoms with E-state index in [-0.39, 0.29) is 0 Å². The van der Waals surface area contributed by atoms with Crippen LogP contribution in [0.5, 0.6) is 0 Å². The van der Waals surface area contributed by atoms with E-state index in [0.29, 0.717) is 5.56 Å². The number of aromatic carboxylic acids is 1. The van der Waals surface area contributed by atoms with Gasteiger partial charge in [-0.05, 0) is 71.9 Å². The maximum Gasteiger partial charge on any atom is 0.336 e. The SMILES string of the molecule is Cc1c(C)c(Br)c2c(C)ccc(C(=O)O)c2c1C. The molecular formula is C15H15BrO2. The Morgan fingerprint density at radius 2 is 1.61 bits per heavy atom. The van der Waals surface area contributed by atoms with Crippen molar-refractivity contribution in [1.82, 2.24) is 0 Å². The van der Waals surface area contributed by atoms with Gasteiger partial charge in [0.05, 0.1) is 5.56 Å². The van der Waals surface area contributed by atoms with Gasteiger partial charge in [-0.1, -0.05) is 6.07 Å². The Bertz CT molecular complexity index is 672. The predicted octanol–water partition coefficient (Wildman–Crippen LogP) is 4.53. The van der Waals surface area contributed by atoms with E-state index in [1.54, 1.807) is 6.07 Å². The van der Waals surface area contributed by atoms with Crippen molar-refractivity contribution >= 4 is 32.7 Å². The quantitative estimate of drug-likeness (QED) is 0.840. The maximum atomic E-state index is 11.4.